The Kier molecular flexibility index (Phi) is 9.86. The summed E-state index contributed by atoms with van der Waals surface area (Å²) in [7, 11) is 0. The van der Waals surface area contributed by atoms with Crippen molar-refractivity contribution in [2.24, 2.45) is 0 Å². The van der Waals surface area contributed by atoms with Gasteiger partial charge in [0.25, 0.3) is 0 Å². The lowest BCUT2D eigenvalue weighted by Gasteiger charge is -2.04. The number of aromatic nitrogens is 2. The normalized spacial score (nSPS) is 9.14. The van der Waals surface area contributed by atoms with Crippen molar-refractivity contribution in [2.45, 2.75) is 13.5 Å². The van der Waals surface area contributed by atoms with Gasteiger partial charge < -0.3 is 29.6 Å². The zero-order valence-corrected chi connectivity index (χ0v) is 13.6. The molecule has 0 aromatic carbocycles. The van der Waals surface area contributed by atoms with Crippen LogP contribution in [0.1, 0.15) is 12.6 Å². The molecular weight excluding hydrogens is 327 g/mol. The zero-order chi connectivity index (χ0) is 14.2. The summed E-state index contributed by atoms with van der Waals surface area (Å²) in [6.07, 6.45) is 3.03. The van der Waals surface area contributed by atoms with E-state index in [1.165, 1.54) is 0 Å². The highest BCUT2D eigenvalue weighted by Gasteiger charge is 2.06. The van der Waals surface area contributed by atoms with Gasteiger partial charge in [0.2, 0.25) is 11.5 Å². The number of carbonyl (C=O) groups excluding carboxylic acids is 1. The molecule has 2 rings (SSSR count). The van der Waals surface area contributed by atoms with Gasteiger partial charge in [0.05, 0.1) is 18.5 Å². The number of halogens is 2. The molecule has 0 saturated carbocycles. The number of pyridine rings is 2. The quantitative estimate of drug-likeness (QED) is 0.569. The number of rotatable bonds is 5. The lowest BCUT2D eigenvalue weighted by atomic mass is 10.3. The minimum atomic E-state index is -0.468. The van der Waals surface area contributed by atoms with Gasteiger partial charge in [-0.15, -0.1) is 0 Å². The Balaban J connectivity index is 0.00000220. The molecule has 0 radical (unpaired) electrons. The maximum atomic E-state index is 11.2. The molecule has 0 fully saturated rings. The van der Waals surface area contributed by atoms with Gasteiger partial charge >= 0.3 is 6.09 Å². The molecule has 1 amide bonds. The molecule has 0 saturated heterocycles. The number of hydrogen-bond donors (Lipinski definition) is 2. The van der Waals surface area contributed by atoms with Crippen LogP contribution in [0.2, 0.25) is 0 Å². The molecule has 0 aliphatic rings. The topological polar surface area (TPSA) is 82.0 Å². The second kappa shape index (κ2) is 10.8. The third-order valence-electron chi connectivity index (χ3n) is 2.61. The second-order valence-electron chi connectivity index (χ2n) is 4.11. The Labute approximate surface area is 141 Å². The Morgan fingerprint density at radius 3 is 2.73 bits per heavy atom. The third-order valence-corrected chi connectivity index (χ3v) is 2.61. The smallest absolute Gasteiger partial charge is 0.411 e. The lowest BCUT2D eigenvalue weighted by Crippen LogP contribution is -3.00. The summed E-state index contributed by atoms with van der Waals surface area (Å²) in [5.74, 6) is 0.858. The lowest BCUT2D eigenvalue weighted by molar-refractivity contribution is -0.609. The van der Waals surface area contributed by atoms with Gasteiger partial charge in [0.1, 0.15) is 0 Å². The van der Waals surface area contributed by atoms with Crippen molar-refractivity contribution in [3.05, 3.63) is 48.4 Å². The minimum Gasteiger partial charge on any atom is -1.00 e. The first-order valence-corrected chi connectivity index (χ1v) is 6.46. The number of hydrogen-bond acceptors (Lipinski definition) is 3. The fourth-order valence-electron chi connectivity index (χ4n) is 1.66. The van der Waals surface area contributed by atoms with Crippen molar-refractivity contribution in [2.75, 3.05) is 11.9 Å². The predicted octanol–water partition coefficient (Wildman–Crippen LogP) is -5.13. The number of aromatic amines is 1. The van der Waals surface area contributed by atoms with Crippen LogP contribution in [-0.4, -0.2) is 17.7 Å². The van der Waals surface area contributed by atoms with Crippen molar-refractivity contribution in [3.63, 3.8) is 0 Å². The fraction of sp³-hybridized carbons (Fsp3) is 0.214. The van der Waals surface area contributed by atoms with Crippen LogP contribution >= 0.6 is 0 Å². The van der Waals surface area contributed by atoms with Gasteiger partial charge in [-0.3, -0.25) is 10.6 Å². The van der Waals surface area contributed by atoms with Gasteiger partial charge in [0, 0.05) is 18.2 Å². The van der Waals surface area contributed by atoms with E-state index in [-0.39, 0.29) is 24.8 Å². The molecule has 0 unspecified atom stereocenters. The molecule has 2 aromatic rings. The standard InChI is InChI=1S/C14H16N4O2.2ClH/c1-2-20-14(19)18-12-6-7-13(17-10-12)16-9-11-5-3-4-8-15-11;;/h3-8,10H,2,9H2,1H3,(H,16,17)(H,18,19);2*1H. The van der Waals surface area contributed by atoms with Crippen LogP contribution in [0, 0.1) is 0 Å². The number of ether oxygens (including phenoxy) is 1. The maximum Gasteiger partial charge on any atom is 0.411 e. The van der Waals surface area contributed by atoms with E-state index in [1.54, 1.807) is 19.2 Å². The number of H-pyrrole nitrogens is 1. The van der Waals surface area contributed by atoms with E-state index in [0.29, 0.717) is 12.3 Å². The van der Waals surface area contributed by atoms with E-state index in [0.717, 1.165) is 18.1 Å². The monoisotopic (exact) mass is 344 g/mol. The molecule has 4 N–H and O–H groups in total. The highest BCUT2D eigenvalue weighted by atomic mass is 35.5. The molecule has 2 aromatic heterocycles. The number of quaternary nitrogens is 1. The Bertz CT molecular complexity index is 553. The van der Waals surface area contributed by atoms with E-state index in [4.69, 9.17) is 4.74 Å². The molecular formula is C14H18Cl2N4O2. The molecule has 120 valence electrons. The fourth-order valence-corrected chi connectivity index (χ4v) is 1.66. The molecule has 0 atom stereocenters. The van der Waals surface area contributed by atoms with Gasteiger partial charge in [-0.25, -0.2) is 14.8 Å². The van der Waals surface area contributed by atoms with Crippen LogP contribution in [0.5, 0.6) is 0 Å². The summed E-state index contributed by atoms with van der Waals surface area (Å²) in [4.78, 5) is 18.7. The van der Waals surface area contributed by atoms with Crippen molar-refractivity contribution < 1.29 is 44.6 Å². The van der Waals surface area contributed by atoms with Gasteiger partial charge in [0.15, 0.2) is 12.7 Å². The largest absolute Gasteiger partial charge is 1.00 e. The number of carbonyl (C=O) groups is 1. The number of anilines is 1. The summed E-state index contributed by atoms with van der Waals surface area (Å²) in [5, 5.41) is 4.61. The van der Waals surface area contributed by atoms with Crippen LogP contribution in [0.15, 0.2) is 42.7 Å². The highest BCUT2D eigenvalue weighted by molar-refractivity contribution is 5.84. The average molecular weight is 345 g/mol. The second-order valence-corrected chi connectivity index (χ2v) is 4.11. The molecule has 22 heavy (non-hydrogen) atoms. The Morgan fingerprint density at radius 2 is 2.14 bits per heavy atom. The predicted molar refractivity (Wildman–Crippen MR) is 73.2 cm³/mol. The SMILES string of the molecule is CCOC(=O)Nc1ccc([NH2+]Cc2cccc[nH+]2)nc1.[Cl-].[Cl-]. The van der Waals surface area contributed by atoms with Crippen LogP contribution in [0.25, 0.3) is 0 Å². The average Bonchev–Trinajstić information content (AvgIpc) is 2.48. The summed E-state index contributed by atoms with van der Waals surface area (Å²) in [6.45, 7) is 2.88. The first-order chi connectivity index (χ1) is 9.78. The molecule has 0 aliphatic carbocycles. The highest BCUT2D eigenvalue weighted by Crippen LogP contribution is 2.06. The van der Waals surface area contributed by atoms with E-state index in [1.807, 2.05) is 35.8 Å². The molecule has 0 bridgehead atoms. The molecule has 6 nitrogen and oxygen atoms in total. The van der Waals surface area contributed by atoms with Crippen LogP contribution in [0.3, 0.4) is 0 Å². The van der Waals surface area contributed by atoms with E-state index < -0.39 is 6.09 Å². The van der Waals surface area contributed by atoms with Crippen molar-refractivity contribution in [1.29, 1.82) is 0 Å². The van der Waals surface area contributed by atoms with Crippen molar-refractivity contribution >= 4 is 17.6 Å². The van der Waals surface area contributed by atoms with Crippen LogP contribution < -0.4 is 40.4 Å². The number of amides is 1. The Hall–Kier alpha value is -1.89. The van der Waals surface area contributed by atoms with Crippen molar-refractivity contribution in [1.82, 2.24) is 4.98 Å². The maximum absolute atomic E-state index is 11.2. The van der Waals surface area contributed by atoms with Gasteiger partial charge in [-0.05, 0) is 19.1 Å². The molecule has 8 heteroatoms. The first kappa shape index (κ1) is 20.1. The third kappa shape index (κ3) is 6.71. The molecule has 0 spiro atoms. The summed E-state index contributed by atoms with van der Waals surface area (Å²) < 4.78 is 4.79. The zero-order valence-electron chi connectivity index (χ0n) is 12.1. The van der Waals surface area contributed by atoms with Crippen LogP contribution in [-0.2, 0) is 11.3 Å². The van der Waals surface area contributed by atoms with Gasteiger partial charge in [-0.1, -0.05) is 0 Å². The summed E-state index contributed by atoms with van der Waals surface area (Å²) >= 11 is 0. The number of nitrogens with zero attached hydrogens (tertiary/aromatic N) is 1. The number of nitrogens with one attached hydrogen (secondary N) is 2. The van der Waals surface area contributed by atoms with Gasteiger partial charge in [-0.2, -0.15) is 0 Å². The molecule has 2 heterocycles. The van der Waals surface area contributed by atoms with E-state index >= 15 is 0 Å². The van der Waals surface area contributed by atoms with E-state index in [9.17, 15) is 4.79 Å². The summed E-state index contributed by atoms with van der Waals surface area (Å²) in [6, 6.07) is 9.60. The van der Waals surface area contributed by atoms with Crippen LogP contribution in [0.4, 0.5) is 16.3 Å². The minimum absolute atomic E-state index is 0. The van der Waals surface area contributed by atoms with Crippen molar-refractivity contribution in [3.8, 4) is 0 Å². The number of nitrogens with two attached hydrogens (primary N) is 1. The Morgan fingerprint density at radius 1 is 1.32 bits per heavy atom. The summed E-state index contributed by atoms with van der Waals surface area (Å²) in [5.41, 5.74) is 1.73. The molecule has 0 aliphatic heterocycles. The first-order valence-electron chi connectivity index (χ1n) is 6.46. The van der Waals surface area contributed by atoms with E-state index in [2.05, 4.69) is 15.3 Å².